The van der Waals surface area contributed by atoms with E-state index in [4.69, 9.17) is 5.41 Å². The maximum atomic E-state index is 11.5. The predicted octanol–water partition coefficient (Wildman–Crippen LogP) is 1.78. The largest absolute Gasteiger partial charge is 0.465 e. The molecule has 1 aliphatic heterocycles. The fourth-order valence-corrected chi connectivity index (χ4v) is 2.83. The monoisotopic (exact) mass is 326 g/mol. The smallest absolute Gasteiger partial charge is 0.338 e. The average Bonchev–Trinajstić information content (AvgIpc) is 2.90. The molecule has 1 aromatic rings. The molecule has 0 amide bonds. The lowest BCUT2D eigenvalue weighted by Gasteiger charge is -2.17. The Kier molecular flexibility index (Phi) is 4.26. The lowest BCUT2D eigenvalue weighted by Crippen LogP contribution is -2.25. The van der Waals surface area contributed by atoms with Crippen LogP contribution in [0.5, 0.6) is 0 Å². The van der Waals surface area contributed by atoms with Crippen molar-refractivity contribution in [3.63, 3.8) is 0 Å². The zero-order valence-electron chi connectivity index (χ0n) is 11.3. The summed E-state index contributed by atoms with van der Waals surface area (Å²) in [6, 6.07) is 1.84. The Labute approximate surface area is 127 Å². The summed E-state index contributed by atoms with van der Waals surface area (Å²) in [5.74, 6) is -0.421. The number of nitrogens with zero attached hydrogens (tertiary/aromatic N) is 3. The fraction of sp³-hybridized carbons (Fsp3) is 0.273. The Morgan fingerprint density at radius 3 is 2.23 bits per heavy atom. The van der Waals surface area contributed by atoms with E-state index in [-0.39, 0.29) is 23.0 Å². The molecule has 1 aromatic carbocycles. The van der Waals surface area contributed by atoms with Gasteiger partial charge >= 0.3 is 17.3 Å². The Balaban J connectivity index is 2.73. The van der Waals surface area contributed by atoms with Crippen LogP contribution in [0.15, 0.2) is 12.1 Å². The van der Waals surface area contributed by atoms with Crippen molar-refractivity contribution in [2.24, 2.45) is 0 Å². The van der Waals surface area contributed by atoms with Gasteiger partial charge in [-0.1, -0.05) is 11.8 Å². The van der Waals surface area contributed by atoms with Gasteiger partial charge in [0.25, 0.3) is 0 Å². The third kappa shape index (κ3) is 2.70. The molecule has 0 spiro atoms. The molecule has 1 heterocycles. The maximum Gasteiger partial charge on any atom is 0.338 e. The molecule has 0 aliphatic carbocycles. The van der Waals surface area contributed by atoms with Gasteiger partial charge in [0.2, 0.25) is 5.69 Å². The summed E-state index contributed by atoms with van der Waals surface area (Å²) >= 11 is 1.13. The molecule has 0 aromatic heterocycles. The molecule has 10 nitrogen and oxygen atoms in total. The number of esters is 1. The number of carbonyl (C=O) groups is 1. The van der Waals surface area contributed by atoms with Crippen molar-refractivity contribution >= 4 is 40.0 Å². The van der Waals surface area contributed by atoms with Crippen molar-refractivity contribution in [2.75, 3.05) is 24.3 Å². The predicted molar refractivity (Wildman–Crippen MR) is 78.6 cm³/mol. The zero-order chi connectivity index (χ0) is 16.4. The summed E-state index contributed by atoms with van der Waals surface area (Å²) in [5, 5.41) is 30.2. The third-order valence-electron chi connectivity index (χ3n) is 2.95. The van der Waals surface area contributed by atoms with Crippen molar-refractivity contribution in [1.29, 1.82) is 5.41 Å². The summed E-state index contributed by atoms with van der Waals surface area (Å²) < 4.78 is 4.45. The Morgan fingerprint density at radius 2 is 1.86 bits per heavy atom. The van der Waals surface area contributed by atoms with E-state index in [0.717, 1.165) is 31.0 Å². The van der Waals surface area contributed by atoms with Crippen LogP contribution in [0.4, 0.5) is 17.1 Å². The molecular weight excluding hydrogens is 316 g/mol. The molecule has 0 bridgehead atoms. The van der Waals surface area contributed by atoms with E-state index in [0.29, 0.717) is 5.75 Å². The van der Waals surface area contributed by atoms with Gasteiger partial charge in [0.15, 0.2) is 5.17 Å². The summed E-state index contributed by atoms with van der Waals surface area (Å²) in [6.07, 6.45) is 0. The van der Waals surface area contributed by atoms with Crippen LogP contribution in [0, 0.1) is 25.6 Å². The first kappa shape index (κ1) is 15.7. The minimum absolute atomic E-state index is 0.0166. The van der Waals surface area contributed by atoms with Crippen molar-refractivity contribution in [1.82, 2.24) is 0 Å². The number of anilines is 1. The molecule has 11 heteroatoms. The molecule has 1 N–H and O–H groups in total. The molecule has 0 saturated carbocycles. The van der Waals surface area contributed by atoms with Crippen molar-refractivity contribution in [3.05, 3.63) is 37.9 Å². The summed E-state index contributed by atoms with van der Waals surface area (Å²) in [5.41, 5.74) is -1.80. The number of rotatable bonds is 4. The second kappa shape index (κ2) is 5.97. The molecular formula is C11H10N4O6S. The SMILES string of the molecule is COC(=O)c1cc([N+](=O)[O-])c(N2CCSC2=N)c([N+](=O)[O-])c1. The molecule has 22 heavy (non-hydrogen) atoms. The highest BCUT2D eigenvalue weighted by atomic mass is 32.2. The third-order valence-corrected chi connectivity index (χ3v) is 3.83. The van der Waals surface area contributed by atoms with Gasteiger partial charge in [-0.15, -0.1) is 0 Å². The van der Waals surface area contributed by atoms with Gasteiger partial charge in [-0.2, -0.15) is 0 Å². The van der Waals surface area contributed by atoms with Crippen LogP contribution in [0.1, 0.15) is 10.4 Å². The normalized spacial score (nSPS) is 14.0. The summed E-state index contributed by atoms with van der Waals surface area (Å²) in [4.78, 5) is 33.6. The number of nitro benzene ring substituents is 2. The van der Waals surface area contributed by atoms with Crippen LogP contribution in [-0.4, -0.2) is 40.4 Å². The number of benzene rings is 1. The van der Waals surface area contributed by atoms with E-state index in [1.54, 1.807) is 0 Å². The second-order valence-electron chi connectivity index (χ2n) is 4.17. The van der Waals surface area contributed by atoms with E-state index >= 15 is 0 Å². The van der Waals surface area contributed by atoms with Gasteiger partial charge in [-0.3, -0.25) is 25.6 Å². The maximum absolute atomic E-state index is 11.5. The van der Waals surface area contributed by atoms with Gasteiger partial charge in [0.1, 0.15) is 0 Å². The van der Waals surface area contributed by atoms with Crippen LogP contribution < -0.4 is 4.90 Å². The summed E-state index contributed by atoms with van der Waals surface area (Å²) in [7, 11) is 1.07. The molecule has 1 fully saturated rings. The molecule has 1 saturated heterocycles. The van der Waals surface area contributed by atoms with Crippen LogP contribution in [0.3, 0.4) is 0 Å². The Morgan fingerprint density at radius 1 is 1.32 bits per heavy atom. The highest BCUT2D eigenvalue weighted by Gasteiger charge is 2.36. The quantitative estimate of drug-likeness (QED) is 0.501. The van der Waals surface area contributed by atoms with Gasteiger partial charge in [-0.05, 0) is 0 Å². The average molecular weight is 326 g/mol. The Hall–Kier alpha value is -2.69. The van der Waals surface area contributed by atoms with Gasteiger partial charge in [0, 0.05) is 24.4 Å². The van der Waals surface area contributed by atoms with Crippen LogP contribution in [0.2, 0.25) is 0 Å². The lowest BCUT2D eigenvalue weighted by molar-refractivity contribution is -0.392. The number of amidine groups is 1. The number of ether oxygens (including phenoxy) is 1. The molecule has 0 atom stereocenters. The first-order valence-electron chi connectivity index (χ1n) is 5.90. The van der Waals surface area contributed by atoms with Crippen molar-refractivity contribution in [2.45, 2.75) is 0 Å². The van der Waals surface area contributed by atoms with Gasteiger partial charge in [-0.25, -0.2) is 4.79 Å². The molecule has 0 unspecified atom stereocenters. The zero-order valence-corrected chi connectivity index (χ0v) is 12.1. The van der Waals surface area contributed by atoms with E-state index in [1.807, 2.05) is 0 Å². The first-order valence-corrected chi connectivity index (χ1v) is 6.89. The van der Waals surface area contributed by atoms with E-state index < -0.39 is 27.2 Å². The fourth-order valence-electron chi connectivity index (χ4n) is 2.02. The highest BCUT2D eigenvalue weighted by Crippen LogP contribution is 2.41. The van der Waals surface area contributed by atoms with E-state index in [1.165, 1.54) is 4.90 Å². The van der Waals surface area contributed by atoms with Gasteiger partial charge in [0.05, 0.1) is 22.5 Å². The lowest BCUT2D eigenvalue weighted by atomic mass is 10.1. The number of methoxy groups -OCH3 is 1. The van der Waals surface area contributed by atoms with E-state index in [2.05, 4.69) is 4.74 Å². The van der Waals surface area contributed by atoms with Crippen LogP contribution in [0.25, 0.3) is 0 Å². The minimum atomic E-state index is -0.913. The van der Waals surface area contributed by atoms with Crippen molar-refractivity contribution < 1.29 is 19.4 Å². The number of carbonyl (C=O) groups excluding carboxylic acids is 1. The second-order valence-corrected chi connectivity index (χ2v) is 5.26. The number of thioether (sulfide) groups is 1. The van der Waals surface area contributed by atoms with Crippen LogP contribution >= 0.6 is 11.8 Å². The molecule has 1 aliphatic rings. The topological polar surface area (TPSA) is 140 Å². The van der Waals surface area contributed by atoms with Crippen LogP contribution in [-0.2, 0) is 4.74 Å². The Bertz CT molecular complexity index is 656. The highest BCUT2D eigenvalue weighted by molar-refractivity contribution is 8.14. The molecule has 116 valence electrons. The molecule has 0 radical (unpaired) electrons. The van der Waals surface area contributed by atoms with Crippen molar-refractivity contribution in [3.8, 4) is 0 Å². The standard InChI is InChI=1S/C11H10N4O6S/c1-21-10(16)6-4-7(14(17)18)9(8(5-6)15(19)20)13-2-3-22-11(13)12/h4-5,12H,2-3H2,1H3. The first-order chi connectivity index (χ1) is 10.4. The molecule has 2 rings (SSSR count). The summed E-state index contributed by atoms with van der Waals surface area (Å²) in [6.45, 7) is 0.239. The number of nitro groups is 2. The number of nitrogens with one attached hydrogen (secondary N) is 1. The van der Waals surface area contributed by atoms with E-state index in [9.17, 15) is 25.0 Å². The number of hydrogen-bond donors (Lipinski definition) is 1. The minimum Gasteiger partial charge on any atom is -0.465 e. The van der Waals surface area contributed by atoms with Gasteiger partial charge < -0.3 is 9.64 Å². The number of hydrogen-bond acceptors (Lipinski definition) is 8.